The van der Waals surface area contributed by atoms with Gasteiger partial charge >= 0.3 is 0 Å². The monoisotopic (exact) mass is 220 g/mol. The average molecular weight is 220 g/mol. The lowest BCUT2D eigenvalue weighted by Gasteiger charge is -2.21. The van der Waals surface area contributed by atoms with Gasteiger partial charge in [-0.05, 0) is 25.7 Å². The molecule has 3 heteroatoms. The van der Waals surface area contributed by atoms with Gasteiger partial charge in [0.15, 0.2) is 0 Å². The lowest BCUT2D eigenvalue weighted by Crippen LogP contribution is -2.39. The fourth-order valence-electron chi connectivity index (χ4n) is 1.50. The van der Waals surface area contributed by atoms with Crippen molar-refractivity contribution in [2.45, 2.75) is 46.0 Å². The lowest BCUT2D eigenvalue weighted by molar-refractivity contribution is -0.128. The molecule has 0 spiro atoms. The largest absolute Gasteiger partial charge is 0.355 e. The van der Waals surface area contributed by atoms with Gasteiger partial charge < -0.3 is 5.32 Å². The predicted molar refractivity (Wildman–Crippen MR) is 64.3 cm³/mol. The molecular formula is C13H20N2O. The molecule has 16 heavy (non-hydrogen) atoms. The molecule has 0 aliphatic rings. The van der Waals surface area contributed by atoms with E-state index in [1.807, 2.05) is 13.8 Å². The highest BCUT2D eigenvalue weighted by Gasteiger charge is 2.34. The highest BCUT2D eigenvalue weighted by atomic mass is 16.2. The fraction of sp³-hybridized carbons (Fsp3) is 0.692. The number of carbonyl (C=O) groups excluding carboxylic acids is 1. The van der Waals surface area contributed by atoms with E-state index in [-0.39, 0.29) is 5.91 Å². The van der Waals surface area contributed by atoms with E-state index >= 15 is 0 Å². The van der Waals surface area contributed by atoms with Crippen molar-refractivity contribution in [3.8, 4) is 18.4 Å². The maximum atomic E-state index is 11.8. The molecular weight excluding hydrogens is 200 g/mol. The summed E-state index contributed by atoms with van der Waals surface area (Å²) in [5, 5.41) is 11.9. The highest BCUT2D eigenvalue weighted by molar-refractivity contribution is 5.85. The van der Waals surface area contributed by atoms with E-state index in [2.05, 4.69) is 17.3 Å². The minimum absolute atomic E-state index is 0.152. The van der Waals surface area contributed by atoms with Crippen molar-refractivity contribution in [3.05, 3.63) is 0 Å². The van der Waals surface area contributed by atoms with Crippen LogP contribution < -0.4 is 5.32 Å². The molecule has 0 atom stereocenters. The molecule has 88 valence electrons. The van der Waals surface area contributed by atoms with Crippen molar-refractivity contribution >= 4 is 5.91 Å². The summed E-state index contributed by atoms with van der Waals surface area (Å²) >= 11 is 0. The van der Waals surface area contributed by atoms with Crippen molar-refractivity contribution in [1.82, 2.24) is 5.32 Å². The summed E-state index contributed by atoms with van der Waals surface area (Å²) in [5.74, 6) is 2.40. The van der Waals surface area contributed by atoms with E-state index in [9.17, 15) is 4.79 Å². The molecule has 1 amide bonds. The minimum Gasteiger partial charge on any atom is -0.355 e. The Hall–Kier alpha value is -1.48. The minimum atomic E-state index is -0.855. The first kappa shape index (κ1) is 14.5. The third-order valence-electron chi connectivity index (χ3n) is 2.89. The van der Waals surface area contributed by atoms with Crippen LogP contribution in [-0.2, 0) is 4.79 Å². The van der Waals surface area contributed by atoms with Gasteiger partial charge in [0.05, 0.1) is 6.07 Å². The van der Waals surface area contributed by atoms with E-state index in [4.69, 9.17) is 11.7 Å². The van der Waals surface area contributed by atoms with E-state index in [0.29, 0.717) is 19.4 Å². The topological polar surface area (TPSA) is 52.9 Å². The maximum absolute atomic E-state index is 11.8. The standard InChI is InChI=1S/C13H20N2O/c1-4-7-8-9-10-15-12(16)13(5-2,6-3)11-14/h1H,5-10H2,2-3H3,(H,15,16). The number of carbonyl (C=O) groups is 1. The molecule has 0 fully saturated rings. The van der Waals surface area contributed by atoms with Crippen LogP contribution in [0.5, 0.6) is 0 Å². The van der Waals surface area contributed by atoms with Gasteiger partial charge in [-0.25, -0.2) is 0 Å². The van der Waals surface area contributed by atoms with Gasteiger partial charge in [-0.15, -0.1) is 12.3 Å². The number of nitrogens with zero attached hydrogens (tertiary/aromatic N) is 1. The van der Waals surface area contributed by atoms with E-state index in [1.54, 1.807) is 0 Å². The SMILES string of the molecule is C#CCCCCNC(=O)C(C#N)(CC)CC. The van der Waals surface area contributed by atoms with Crippen molar-refractivity contribution < 1.29 is 4.79 Å². The molecule has 3 nitrogen and oxygen atoms in total. The van der Waals surface area contributed by atoms with Crippen LogP contribution in [0.4, 0.5) is 0 Å². The molecule has 0 aliphatic heterocycles. The van der Waals surface area contributed by atoms with Crippen LogP contribution in [0.15, 0.2) is 0 Å². The molecule has 0 aromatic rings. The zero-order chi connectivity index (χ0) is 12.4. The first-order chi connectivity index (χ1) is 7.66. The van der Waals surface area contributed by atoms with Gasteiger partial charge in [0.25, 0.3) is 0 Å². The Kier molecular flexibility index (Phi) is 7.05. The molecule has 0 unspecified atom stereocenters. The first-order valence-electron chi connectivity index (χ1n) is 5.79. The van der Waals surface area contributed by atoms with Crippen molar-refractivity contribution in [2.24, 2.45) is 5.41 Å². The van der Waals surface area contributed by atoms with Crippen molar-refractivity contribution in [2.75, 3.05) is 6.54 Å². The van der Waals surface area contributed by atoms with E-state index in [1.165, 1.54) is 0 Å². The molecule has 0 saturated carbocycles. The summed E-state index contributed by atoms with van der Waals surface area (Å²) in [6, 6.07) is 2.12. The summed E-state index contributed by atoms with van der Waals surface area (Å²) < 4.78 is 0. The first-order valence-corrected chi connectivity index (χ1v) is 5.79. The Bertz CT molecular complexity index is 292. The Morgan fingerprint density at radius 3 is 2.44 bits per heavy atom. The second-order valence-electron chi connectivity index (χ2n) is 3.82. The molecule has 0 heterocycles. The smallest absolute Gasteiger partial charge is 0.240 e. The van der Waals surface area contributed by atoms with Crippen LogP contribution in [0.25, 0.3) is 0 Å². The second kappa shape index (κ2) is 7.77. The highest BCUT2D eigenvalue weighted by Crippen LogP contribution is 2.25. The molecule has 0 aliphatic carbocycles. The van der Waals surface area contributed by atoms with Crippen LogP contribution in [0.1, 0.15) is 46.0 Å². The quantitative estimate of drug-likeness (QED) is 0.528. The third kappa shape index (κ3) is 3.95. The summed E-state index contributed by atoms with van der Waals surface area (Å²) in [6.45, 7) is 4.33. The van der Waals surface area contributed by atoms with Gasteiger partial charge in [0.2, 0.25) is 5.91 Å². The van der Waals surface area contributed by atoms with Gasteiger partial charge in [0, 0.05) is 13.0 Å². The number of nitriles is 1. The van der Waals surface area contributed by atoms with Crippen molar-refractivity contribution in [1.29, 1.82) is 5.26 Å². The van der Waals surface area contributed by atoms with Gasteiger partial charge in [-0.1, -0.05) is 13.8 Å². The van der Waals surface area contributed by atoms with Crippen LogP contribution >= 0.6 is 0 Å². The average Bonchev–Trinajstić information content (AvgIpc) is 2.32. The number of hydrogen-bond acceptors (Lipinski definition) is 2. The lowest BCUT2D eigenvalue weighted by atomic mass is 9.83. The normalized spacial score (nSPS) is 10.2. The zero-order valence-corrected chi connectivity index (χ0v) is 10.2. The summed E-state index contributed by atoms with van der Waals surface area (Å²) in [6.07, 6.45) is 8.74. The number of amides is 1. The molecule has 0 radical (unpaired) electrons. The van der Waals surface area contributed by atoms with Crippen molar-refractivity contribution in [3.63, 3.8) is 0 Å². The molecule has 0 aromatic carbocycles. The molecule has 0 aromatic heterocycles. The Morgan fingerprint density at radius 1 is 1.38 bits per heavy atom. The van der Waals surface area contributed by atoms with Crippen LogP contribution in [0, 0.1) is 29.1 Å². The molecule has 0 saturated heterocycles. The fourth-order valence-corrected chi connectivity index (χ4v) is 1.50. The van der Waals surface area contributed by atoms with Gasteiger partial charge in [-0.3, -0.25) is 4.79 Å². The van der Waals surface area contributed by atoms with E-state index < -0.39 is 5.41 Å². The second-order valence-corrected chi connectivity index (χ2v) is 3.82. The summed E-state index contributed by atoms with van der Waals surface area (Å²) in [5.41, 5.74) is -0.855. The number of unbranched alkanes of at least 4 members (excludes halogenated alkanes) is 2. The molecule has 1 N–H and O–H groups in total. The Morgan fingerprint density at radius 2 is 2.00 bits per heavy atom. The van der Waals surface area contributed by atoms with Crippen LogP contribution in [-0.4, -0.2) is 12.5 Å². The van der Waals surface area contributed by atoms with Crippen LogP contribution in [0.3, 0.4) is 0 Å². The number of hydrogen-bond donors (Lipinski definition) is 1. The molecule has 0 rings (SSSR count). The van der Waals surface area contributed by atoms with Crippen LogP contribution in [0.2, 0.25) is 0 Å². The molecule has 0 bridgehead atoms. The zero-order valence-electron chi connectivity index (χ0n) is 10.2. The third-order valence-corrected chi connectivity index (χ3v) is 2.89. The Labute approximate surface area is 98.2 Å². The summed E-state index contributed by atoms with van der Waals surface area (Å²) in [7, 11) is 0. The Balaban J connectivity index is 4.05. The summed E-state index contributed by atoms with van der Waals surface area (Å²) in [4.78, 5) is 11.8. The number of rotatable bonds is 7. The van der Waals surface area contributed by atoms with E-state index in [0.717, 1.165) is 19.3 Å². The van der Waals surface area contributed by atoms with Gasteiger partial charge in [0.1, 0.15) is 5.41 Å². The maximum Gasteiger partial charge on any atom is 0.240 e. The number of terminal acetylenes is 1. The predicted octanol–water partition coefficient (Wildman–Crippen LogP) is 2.24. The number of nitrogens with one attached hydrogen (secondary N) is 1. The van der Waals surface area contributed by atoms with Gasteiger partial charge in [-0.2, -0.15) is 5.26 Å².